The molecule has 6 N–H and O–H groups in total. The van der Waals surface area contributed by atoms with Gasteiger partial charge >= 0.3 is 6.03 Å². The summed E-state index contributed by atoms with van der Waals surface area (Å²) in [4.78, 5) is 73.3. The molecule has 2 fully saturated rings. The molecule has 18 nitrogen and oxygen atoms in total. The van der Waals surface area contributed by atoms with Crippen LogP contribution in [-0.2, 0) is 61.1 Å². The third kappa shape index (κ3) is 12.9. The van der Waals surface area contributed by atoms with E-state index >= 15 is 8.78 Å². The molecule has 0 bridgehead atoms. The molecule has 4 aromatic rings. The minimum atomic E-state index is -2.77. The lowest BCUT2D eigenvalue weighted by Crippen LogP contribution is -2.47. The molecule has 4 aliphatic heterocycles. The zero-order valence-electron chi connectivity index (χ0n) is 45.2. The van der Waals surface area contributed by atoms with Crippen molar-refractivity contribution in [3.63, 3.8) is 0 Å². The number of alkyl halides is 2. The number of allylic oxidation sites excluding steroid dienone is 2. The van der Waals surface area contributed by atoms with Gasteiger partial charge in [0.15, 0.2) is 0 Å². The quantitative estimate of drug-likeness (QED) is 0.0623. The highest BCUT2D eigenvalue weighted by atomic mass is 19.3. The van der Waals surface area contributed by atoms with E-state index in [2.05, 4.69) is 36.8 Å². The number of nitrogens with two attached hydrogens (primary N) is 1. The van der Waals surface area contributed by atoms with Crippen molar-refractivity contribution >= 4 is 41.4 Å². The molecule has 0 saturated carbocycles. The summed E-state index contributed by atoms with van der Waals surface area (Å²) in [5, 5.41) is 23.4. The first-order valence-corrected chi connectivity index (χ1v) is 27.4. The number of carbonyl (C=O) groups is 5. The molecule has 2 aromatic heterocycles. The smallest absolute Gasteiger partial charge is 0.317 e. The molecule has 0 spiro atoms. The number of likely N-dealkylation sites (tertiary alicyclic amines) is 1. The number of aromatic nitrogens is 3. The minimum Gasteiger partial charge on any atom is -0.391 e. The summed E-state index contributed by atoms with van der Waals surface area (Å²) < 4.78 is 45.5. The molecule has 9 rings (SSSR count). The molecular formula is C58H74F2N10O8. The molecule has 20 heteroatoms. The fourth-order valence-electron chi connectivity index (χ4n) is 12.2. The van der Waals surface area contributed by atoms with Crippen molar-refractivity contribution in [2.45, 2.75) is 135 Å². The van der Waals surface area contributed by atoms with Crippen LogP contribution in [0.2, 0.25) is 0 Å². The van der Waals surface area contributed by atoms with Crippen molar-refractivity contribution in [2.24, 2.45) is 22.1 Å². The molecule has 418 valence electrons. The third-order valence-electron chi connectivity index (χ3n) is 16.2. The zero-order valence-corrected chi connectivity index (χ0v) is 45.2. The van der Waals surface area contributed by atoms with E-state index in [1.807, 2.05) is 62.2 Å². The molecule has 0 radical (unpaired) electrons. The summed E-state index contributed by atoms with van der Waals surface area (Å²) in [5.41, 5.74) is 15.2. The number of nitrogens with one attached hydrogen (secondary N) is 3. The van der Waals surface area contributed by atoms with E-state index in [0.717, 1.165) is 77.6 Å². The second-order valence-corrected chi connectivity index (χ2v) is 22.3. The zero-order chi connectivity index (χ0) is 55.3. The molecule has 1 aliphatic carbocycles. The first-order valence-electron chi connectivity index (χ1n) is 27.4. The molecule has 6 heterocycles. The van der Waals surface area contributed by atoms with E-state index in [1.165, 1.54) is 27.0 Å². The number of hydrogen-bond donors (Lipinski definition) is 5. The van der Waals surface area contributed by atoms with Crippen molar-refractivity contribution < 1.29 is 47.3 Å². The van der Waals surface area contributed by atoms with Gasteiger partial charge in [0.2, 0.25) is 23.6 Å². The number of primary amides is 1. The van der Waals surface area contributed by atoms with Crippen molar-refractivity contribution in [3.8, 4) is 11.1 Å². The van der Waals surface area contributed by atoms with Gasteiger partial charge in [0.1, 0.15) is 12.6 Å². The van der Waals surface area contributed by atoms with Crippen LogP contribution in [0.3, 0.4) is 0 Å². The summed E-state index contributed by atoms with van der Waals surface area (Å²) in [6.07, 6.45) is 9.56. The number of β-amino-alcohol motifs (C(OH)–C–C–N with tert-alkyl or cyclic N) is 1. The lowest BCUT2D eigenvalue weighted by Gasteiger charge is -2.32. The maximum absolute atomic E-state index is 15.1. The lowest BCUT2D eigenvalue weighted by molar-refractivity contribution is -0.140. The fourth-order valence-corrected chi connectivity index (χ4v) is 12.2. The second-order valence-electron chi connectivity index (χ2n) is 22.3. The van der Waals surface area contributed by atoms with Crippen LogP contribution in [0.1, 0.15) is 135 Å². The van der Waals surface area contributed by atoms with Gasteiger partial charge in [-0.1, -0.05) is 44.2 Å². The predicted octanol–water partition coefficient (Wildman–Crippen LogP) is 6.33. The van der Waals surface area contributed by atoms with Crippen LogP contribution in [0, 0.1) is 11.3 Å². The number of aliphatic imine (C=N–C) groups is 1. The third-order valence-corrected chi connectivity index (χ3v) is 16.2. The number of rotatable bonds is 20. The Bertz CT molecular complexity index is 2930. The number of fused-ring (bicyclic) bond motifs is 2. The Balaban J connectivity index is 0.759. The Morgan fingerprint density at radius 3 is 2.50 bits per heavy atom. The highest BCUT2D eigenvalue weighted by Crippen LogP contribution is 2.46. The van der Waals surface area contributed by atoms with Crippen LogP contribution >= 0.6 is 0 Å². The molecule has 2 aromatic carbocycles. The van der Waals surface area contributed by atoms with Gasteiger partial charge in [-0.2, -0.15) is 5.10 Å². The highest BCUT2D eigenvalue weighted by molar-refractivity contribution is 5.89. The summed E-state index contributed by atoms with van der Waals surface area (Å²) >= 11 is 0. The molecule has 5 aliphatic rings. The number of nitrogens with zero attached hydrogens (tertiary/aromatic N) is 6. The van der Waals surface area contributed by atoms with Crippen LogP contribution in [0.5, 0.6) is 0 Å². The first kappa shape index (κ1) is 56.0. The second kappa shape index (κ2) is 24.5. The fraction of sp³-hybridized carbons (Fsp3) is 0.534. The number of hydrogen-bond acceptors (Lipinski definition) is 10. The Kier molecular flexibility index (Phi) is 17.6. The number of halogens is 2. The Hall–Kier alpha value is -6.77. The molecular weight excluding hydrogens is 1000 g/mol. The van der Waals surface area contributed by atoms with Gasteiger partial charge in [-0.25, -0.2) is 13.6 Å². The summed E-state index contributed by atoms with van der Waals surface area (Å²) in [6, 6.07) is 10.7. The SMILES string of the molecule is CNC(=O)N1CCc2c(c(C3CCCc4cc(-c5cnn(CC(=O)NCCOCC(CC(C)(C)CC(=O)N6C[C@H](O)C[C@@H]6C(=O)NCc6ccc(C7=C(C)N=CC7)cc6)C(N)=O)c5)c(C(F)F)cc43)cn2C2CCOCC2)C1. The average molecular weight is 1080 g/mol. The topological polar surface area (TPSA) is 228 Å². The minimum absolute atomic E-state index is 0.00909. The molecule has 2 unspecified atom stereocenters. The van der Waals surface area contributed by atoms with E-state index in [9.17, 15) is 29.1 Å². The Labute approximate surface area is 454 Å². The largest absolute Gasteiger partial charge is 0.391 e. The van der Waals surface area contributed by atoms with Crippen LogP contribution in [0.15, 0.2) is 65.7 Å². The van der Waals surface area contributed by atoms with Gasteiger partial charge in [-0.05, 0) is 101 Å². The number of amides is 6. The van der Waals surface area contributed by atoms with Gasteiger partial charge in [0, 0.05) is 132 Å². The number of ether oxygens (including phenoxy) is 2. The van der Waals surface area contributed by atoms with E-state index in [1.54, 1.807) is 19.3 Å². The van der Waals surface area contributed by atoms with Gasteiger partial charge in [0.25, 0.3) is 6.43 Å². The Morgan fingerprint density at radius 2 is 1.78 bits per heavy atom. The van der Waals surface area contributed by atoms with Crippen molar-refractivity contribution in [1.29, 1.82) is 0 Å². The maximum atomic E-state index is 15.1. The molecule has 4 atom stereocenters. The number of aliphatic hydroxyl groups is 1. The van der Waals surface area contributed by atoms with E-state index in [0.29, 0.717) is 43.9 Å². The van der Waals surface area contributed by atoms with Crippen LogP contribution < -0.4 is 21.7 Å². The molecule has 6 amide bonds. The monoisotopic (exact) mass is 1080 g/mol. The van der Waals surface area contributed by atoms with Gasteiger partial charge in [0.05, 0.1) is 31.4 Å². The van der Waals surface area contributed by atoms with Gasteiger partial charge < -0.3 is 50.6 Å². The van der Waals surface area contributed by atoms with Gasteiger partial charge in [-0.15, -0.1) is 0 Å². The molecule has 2 saturated heterocycles. The summed E-state index contributed by atoms with van der Waals surface area (Å²) in [7, 11) is 1.63. The number of carbonyl (C=O) groups excluding carboxylic acids is 5. The number of aliphatic hydroxyl groups excluding tert-OH is 1. The van der Waals surface area contributed by atoms with E-state index in [-0.39, 0.29) is 99.9 Å². The van der Waals surface area contributed by atoms with Crippen LogP contribution in [-0.4, -0.2) is 130 Å². The number of benzene rings is 2. The standard InChI is InChI=1S/C58H74F2N10O8/c1-35-43(12-16-63-35)37-10-8-36(9-11-37)27-65-56(75)51-23-42(71)30-70(51)53(73)26-58(2,3)25-39(55(61)74)34-78-21-17-64-52(72)33-68-29-40(28-66-68)45-22-38-6-5-7-44(46(38)24-47(45)54(59)60)48-32-69(41-14-19-77-20-15-41)50-13-18-67(31-49(48)50)57(76)62-4/h8-11,16,22,24,28-29,32,39,41-42,44,51,54,71H,5-7,12-15,17-21,23,25-27,30-31,33-34H2,1-4H3,(H2,61,74)(H,62,76)(H,64,72)(H,65,75)/t39?,42-,44?,51-/m1/s1. The highest BCUT2D eigenvalue weighted by Gasteiger charge is 2.41. The van der Waals surface area contributed by atoms with Crippen molar-refractivity contribution in [2.75, 3.05) is 53.1 Å². The predicted molar refractivity (Wildman–Crippen MR) is 289 cm³/mol. The summed E-state index contributed by atoms with van der Waals surface area (Å²) in [6.45, 7) is 8.27. The number of aryl methyl sites for hydroxylation is 1. The van der Waals surface area contributed by atoms with E-state index in [4.69, 9.17) is 15.2 Å². The van der Waals surface area contributed by atoms with Crippen LogP contribution in [0.25, 0.3) is 16.7 Å². The van der Waals surface area contributed by atoms with Crippen LogP contribution in [0.4, 0.5) is 13.6 Å². The number of urea groups is 1. The van der Waals surface area contributed by atoms with Crippen molar-refractivity contribution in [1.82, 2.24) is 40.1 Å². The normalized spacial score (nSPS) is 20.0. The molecule has 78 heavy (non-hydrogen) atoms. The van der Waals surface area contributed by atoms with Crippen molar-refractivity contribution in [3.05, 3.63) is 105 Å². The average Bonchev–Trinajstić information content (AvgIpc) is 4.31. The van der Waals surface area contributed by atoms with E-state index < -0.39 is 35.8 Å². The first-order chi connectivity index (χ1) is 37.5. The lowest BCUT2D eigenvalue weighted by atomic mass is 9.76. The van der Waals surface area contributed by atoms with Gasteiger partial charge in [-0.3, -0.25) is 28.9 Å². The Morgan fingerprint density at radius 1 is 1.00 bits per heavy atom. The summed E-state index contributed by atoms with van der Waals surface area (Å²) in [5.74, 6) is -2.55. The maximum Gasteiger partial charge on any atom is 0.317 e.